The molecule has 0 radical (unpaired) electrons. The number of unbranched alkanes of at least 4 members (excludes halogenated alkanes) is 1. The molecule has 1 atom stereocenters. The van der Waals surface area contributed by atoms with Gasteiger partial charge in [-0.1, -0.05) is 39.7 Å². The topological polar surface area (TPSA) is 12.0 Å². The number of hydrogen-bond donors (Lipinski definition) is 1. The molecule has 0 bridgehead atoms. The molecule has 1 aromatic carbocycles. The summed E-state index contributed by atoms with van der Waals surface area (Å²) in [5.74, 6) is 0. The summed E-state index contributed by atoms with van der Waals surface area (Å²) in [6, 6.07) is 6.31. The summed E-state index contributed by atoms with van der Waals surface area (Å²) in [5, 5.41) is 4.09. The monoisotopic (exact) mass is 301 g/mol. The molecule has 0 aliphatic rings. The van der Waals surface area contributed by atoms with Gasteiger partial charge < -0.3 is 5.32 Å². The van der Waals surface area contributed by atoms with Crippen molar-refractivity contribution >= 4 is 27.5 Å². The van der Waals surface area contributed by atoms with E-state index in [1.807, 2.05) is 25.3 Å². The molecule has 0 fully saturated rings. The van der Waals surface area contributed by atoms with Crippen molar-refractivity contribution in [3.8, 4) is 0 Å². The number of nitrogens with one attached hydrogen (secondary N) is 1. The summed E-state index contributed by atoms with van der Waals surface area (Å²) < 4.78 is 1.07. The summed E-state index contributed by atoms with van der Waals surface area (Å²) in [4.78, 5) is 0. The Balaban J connectivity index is 2.74. The lowest BCUT2D eigenvalue weighted by Gasteiger charge is -2.18. The normalized spacial score (nSPS) is 12.4. The van der Waals surface area contributed by atoms with E-state index in [9.17, 15) is 0 Å². The molecule has 1 unspecified atom stereocenters. The van der Waals surface area contributed by atoms with E-state index < -0.39 is 0 Å². The molecule has 1 nitrogen and oxygen atoms in total. The van der Waals surface area contributed by atoms with E-state index in [4.69, 9.17) is 11.6 Å². The SMILES string of the molecule is C=CCCCC(NC)c1ccc(Cl)cc1Br. The van der Waals surface area contributed by atoms with Crippen LogP contribution in [0.2, 0.25) is 5.02 Å². The zero-order valence-electron chi connectivity index (χ0n) is 9.47. The first-order valence-corrected chi connectivity index (χ1v) is 6.59. The van der Waals surface area contributed by atoms with Crippen LogP contribution in [0.5, 0.6) is 0 Å². The quantitative estimate of drug-likeness (QED) is 0.592. The van der Waals surface area contributed by atoms with Gasteiger partial charge in [0, 0.05) is 15.5 Å². The van der Waals surface area contributed by atoms with Gasteiger partial charge in [-0.05, 0) is 44.0 Å². The molecule has 0 heterocycles. The Kier molecular flexibility index (Phi) is 6.10. The molecule has 1 N–H and O–H groups in total. The first-order chi connectivity index (χ1) is 7.69. The van der Waals surface area contributed by atoms with E-state index >= 15 is 0 Å². The average Bonchev–Trinajstić information content (AvgIpc) is 2.26. The van der Waals surface area contributed by atoms with Gasteiger partial charge in [-0.2, -0.15) is 0 Å². The van der Waals surface area contributed by atoms with Crippen LogP contribution < -0.4 is 5.32 Å². The van der Waals surface area contributed by atoms with Crippen LogP contribution >= 0.6 is 27.5 Å². The molecule has 3 heteroatoms. The second-order valence-electron chi connectivity index (χ2n) is 3.73. The largest absolute Gasteiger partial charge is 0.313 e. The van der Waals surface area contributed by atoms with Crippen LogP contribution in [0.15, 0.2) is 35.3 Å². The summed E-state index contributed by atoms with van der Waals surface area (Å²) in [6.07, 6.45) is 5.26. The van der Waals surface area contributed by atoms with Crippen molar-refractivity contribution in [2.75, 3.05) is 7.05 Å². The van der Waals surface area contributed by atoms with Gasteiger partial charge in [0.05, 0.1) is 0 Å². The Bertz CT molecular complexity index is 352. The molecule has 0 aliphatic carbocycles. The van der Waals surface area contributed by atoms with Crippen molar-refractivity contribution in [1.82, 2.24) is 5.32 Å². The molecule has 1 aromatic rings. The first-order valence-electron chi connectivity index (χ1n) is 5.42. The predicted octanol–water partition coefficient (Wildman–Crippen LogP) is 4.72. The highest BCUT2D eigenvalue weighted by Crippen LogP contribution is 2.29. The van der Waals surface area contributed by atoms with Gasteiger partial charge in [0.1, 0.15) is 0 Å². The summed E-state index contributed by atoms with van der Waals surface area (Å²) in [5.41, 5.74) is 1.26. The highest BCUT2D eigenvalue weighted by atomic mass is 79.9. The molecular formula is C13H17BrClN. The van der Waals surface area contributed by atoms with Crippen LogP contribution in [-0.2, 0) is 0 Å². The van der Waals surface area contributed by atoms with Gasteiger partial charge in [-0.3, -0.25) is 0 Å². The minimum absolute atomic E-state index is 0.367. The van der Waals surface area contributed by atoms with Crippen molar-refractivity contribution in [2.45, 2.75) is 25.3 Å². The lowest BCUT2D eigenvalue weighted by molar-refractivity contribution is 0.528. The fraction of sp³-hybridized carbons (Fsp3) is 0.385. The highest BCUT2D eigenvalue weighted by molar-refractivity contribution is 9.10. The molecule has 0 aromatic heterocycles. The van der Waals surface area contributed by atoms with Crippen LogP contribution in [0, 0.1) is 0 Å². The Morgan fingerprint density at radius 3 is 2.88 bits per heavy atom. The van der Waals surface area contributed by atoms with Crippen molar-refractivity contribution in [3.63, 3.8) is 0 Å². The van der Waals surface area contributed by atoms with Crippen molar-refractivity contribution in [1.29, 1.82) is 0 Å². The zero-order chi connectivity index (χ0) is 12.0. The highest BCUT2D eigenvalue weighted by Gasteiger charge is 2.11. The maximum absolute atomic E-state index is 5.93. The standard InChI is InChI=1S/C13H17BrClN/c1-3-4-5-6-13(16-2)11-8-7-10(15)9-12(11)14/h3,7-9,13,16H,1,4-6H2,2H3. The summed E-state index contributed by atoms with van der Waals surface area (Å²) >= 11 is 9.48. The van der Waals surface area contributed by atoms with Gasteiger partial charge >= 0.3 is 0 Å². The first kappa shape index (κ1) is 13.8. The number of rotatable bonds is 6. The lowest BCUT2D eigenvalue weighted by atomic mass is 10.0. The molecule has 0 aliphatic heterocycles. The minimum atomic E-state index is 0.367. The van der Waals surface area contributed by atoms with Crippen molar-refractivity contribution in [3.05, 3.63) is 45.9 Å². The third kappa shape index (κ3) is 3.93. The van der Waals surface area contributed by atoms with E-state index in [0.29, 0.717) is 6.04 Å². The number of allylic oxidation sites excluding steroid dienone is 1. The number of halogens is 2. The third-order valence-corrected chi connectivity index (χ3v) is 3.51. The van der Waals surface area contributed by atoms with E-state index in [0.717, 1.165) is 28.8 Å². The Morgan fingerprint density at radius 2 is 2.31 bits per heavy atom. The Morgan fingerprint density at radius 1 is 1.56 bits per heavy atom. The van der Waals surface area contributed by atoms with E-state index in [2.05, 4.69) is 33.9 Å². The minimum Gasteiger partial charge on any atom is -0.313 e. The maximum atomic E-state index is 5.93. The third-order valence-electron chi connectivity index (χ3n) is 2.59. The average molecular weight is 303 g/mol. The molecule has 0 spiro atoms. The molecule has 0 saturated carbocycles. The van der Waals surface area contributed by atoms with Crippen LogP contribution in [0.4, 0.5) is 0 Å². The molecule has 16 heavy (non-hydrogen) atoms. The Hall–Kier alpha value is -0.310. The van der Waals surface area contributed by atoms with Gasteiger partial charge in [-0.25, -0.2) is 0 Å². The summed E-state index contributed by atoms with van der Waals surface area (Å²) in [7, 11) is 1.99. The van der Waals surface area contributed by atoms with Crippen LogP contribution in [0.1, 0.15) is 30.9 Å². The molecule has 88 valence electrons. The maximum Gasteiger partial charge on any atom is 0.0417 e. The Labute approximate surface area is 111 Å². The van der Waals surface area contributed by atoms with Crippen LogP contribution in [-0.4, -0.2) is 7.05 Å². The van der Waals surface area contributed by atoms with E-state index in [-0.39, 0.29) is 0 Å². The fourth-order valence-corrected chi connectivity index (χ4v) is 2.66. The molecule has 0 saturated heterocycles. The van der Waals surface area contributed by atoms with E-state index in [1.54, 1.807) is 0 Å². The van der Waals surface area contributed by atoms with Crippen molar-refractivity contribution in [2.24, 2.45) is 0 Å². The van der Waals surface area contributed by atoms with Gasteiger partial charge in [-0.15, -0.1) is 6.58 Å². The van der Waals surface area contributed by atoms with E-state index in [1.165, 1.54) is 5.56 Å². The van der Waals surface area contributed by atoms with Gasteiger partial charge in [0.15, 0.2) is 0 Å². The second-order valence-corrected chi connectivity index (χ2v) is 5.02. The molecule has 0 amide bonds. The number of benzene rings is 1. The molecule has 1 rings (SSSR count). The van der Waals surface area contributed by atoms with Crippen LogP contribution in [0.3, 0.4) is 0 Å². The van der Waals surface area contributed by atoms with Crippen LogP contribution in [0.25, 0.3) is 0 Å². The fourth-order valence-electron chi connectivity index (χ4n) is 1.71. The number of hydrogen-bond acceptors (Lipinski definition) is 1. The zero-order valence-corrected chi connectivity index (χ0v) is 11.8. The predicted molar refractivity (Wildman–Crippen MR) is 75.0 cm³/mol. The van der Waals surface area contributed by atoms with Crippen molar-refractivity contribution < 1.29 is 0 Å². The van der Waals surface area contributed by atoms with Gasteiger partial charge in [0.2, 0.25) is 0 Å². The summed E-state index contributed by atoms with van der Waals surface area (Å²) in [6.45, 7) is 3.74. The second kappa shape index (κ2) is 7.10. The molecular weight excluding hydrogens is 286 g/mol. The smallest absolute Gasteiger partial charge is 0.0417 e. The lowest BCUT2D eigenvalue weighted by Crippen LogP contribution is -2.16. The van der Waals surface area contributed by atoms with Gasteiger partial charge in [0.25, 0.3) is 0 Å².